The largest absolute Gasteiger partial charge is 0.332 e. The monoisotopic (exact) mass is 426 g/mol. The average molecular weight is 427 g/mol. The van der Waals surface area contributed by atoms with Gasteiger partial charge in [0.25, 0.3) is 0 Å². The Kier molecular flexibility index (Phi) is 7.21. The van der Waals surface area contributed by atoms with Crippen molar-refractivity contribution in [2.24, 2.45) is 11.8 Å². The van der Waals surface area contributed by atoms with Gasteiger partial charge in [-0.2, -0.15) is 0 Å². The zero-order valence-corrected chi connectivity index (χ0v) is 19.0. The van der Waals surface area contributed by atoms with Gasteiger partial charge < -0.3 is 4.90 Å². The molecule has 7 heteroatoms. The molecule has 2 fully saturated rings. The molecule has 2 saturated heterocycles. The topological polar surface area (TPSA) is 57.7 Å². The molecule has 0 spiro atoms. The quantitative estimate of drug-likeness (QED) is 0.699. The number of rotatable bonds is 6. The van der Waals surface area contributed by atoms with Crippen molar-refractivity contribution in [3.05, 3.63) is 22.4 Å². The van der Waals surface area contributed by atoms with E-state index in [1.54, 1.807) is 11.3 Å². The van der Waals surface area contributed by atoms with Crippen LogP contribution >= 0.6 is 11.3 Å². The van der Waals surface area contributed by atoms with Crippen molar-refractivity contribution in [3.8, 4) is 0 Å². The van der Waals surface area contributed by atoms with Crippen LogP contribution in [-0.4, -0.2) is 60.8 Å². The minimum absolute atomic E-state index is 0.0794. The molecule has 0 aromatic carbocycles. The molecule has 1 amide bonds. The van der Waals surface area contributed by atoms with E-state index in [1.165, 1.54) is 6.42 Å². The molecule has 3 atom stereocenters. The molecular weight excluding hydrogens is 392 g/mol. The van der Waals surface area contributed by atoms with Gasteiger partial charge in [-0.1, -0.05) is 26.8 Å². The Morgan fingerprint density at radius 3 is 2.68 bits per heavy atom. The van der Waals surface area contributed by atoms with Crippen LogP contribution in [0.3, 0.4) is 0 Å². The van der Waals surface area contributed by atoms with Gasteiger partial charge in [-0.3, -0.25) is 9.69 Å². The maximum absolute atomic E-state index is 13.4. The van der Waals surface area contributed by atoms with Crippen molar-refractivity contribution in [2.45, 2.75) is 65.1 Å². The van der Waals surface area contributed by atoms with Crippen LogP contribution in [0.25, 0.3) is 0 Å². The summed E-state index contributed by atoms with van der Waals surface area (Å²) in [6, 6.07) is 4.24. The third kappa shape index (κ3) is 5.57. The standard InChI is InChI=1S/C21H34N2O3S2/c1-16(2)20-7-6-17(3)8-10-22(20)14-21(24)23(13-19-5-4-11-27-19)18-9-12-28(25,26)15-18/h4-5,11,16-18,20H,6-10,12-15H2,1-3H3. The van der Waals surface area contributed by atoms with Crippen LogP contribution in [0.15, 0.2) is 17.5 Å². The zero-order chi connectivity index (χ0) is 20.3. The third-order valence-corrected chi connectivity index (χ3v) is 8.93. The summed E-state index contributed by atoms with van der Waals surface area (Å²) in [4.78, 5) is 18.7. The van der Waals surface area contributed by atoms with E-state index < -0.39 is 9.84 Å². The van der Waals surface area contributed by atoms with E-state index in [4.69, 9.17) is 0 Å². The fourth-order valence-electron chi connectivity index (χ4n) is 4.56. The number of likely N-dealkylation sites (tertiary alicyclic amines) is 1. The molecule has 28 heavy (non-hydrogen) atoms. The second-order valence-electron chi connectivity index (χ2n) is 8.91. The number of thiophene rings is 1. The lowest BCUT2D eigenvalue weighted by Crippen LogP contribution is -2.49. The zero-order valence-electron chi connectivity index (χ0n) is 17.3. The van der Waals surface area contributed by atoms with Crippen LogP contribution in [0.4, 0.5) is 0 Å². The first-order valence-corrected chi connectivity index (χ1v) is 13.2. The first kappa shape index (κ1) is 21.8. The number of nitrogens with zero attached hydrogens (tertiary/aromatic N) is 2. The van der Waals surface area contributed by atoms with Gasteiger partial charge in [0.1, 0.15) is 0 Å². The third-order valence-electron chi connectivity index (χ3n) is 6.32. The van der Waals surface area contributed by atoms with Gasteiger partial charge in [-0.05, 0) is 55.5 Å². The van der Waals surface area contributed by atoms with E-state index in [-0.39, 0.29) is 23.5 Å². The van der Waals surface area contributed by atoms with Gasteiger partial charge in [-0.15, -0.1) is 11.3 Å². The highest BCUT2D eigenvalue weighted by Crippen LogP contribution is 2.27. The predicted octanol–water partition coefficient (Wildman–Crippen LogP) is 3.41. The van der Waals surface area contributed by atoms with E-state index in [0.717, 1.165) is 24.3 Å². The first-order chi connectivity index (χ1) is 13.2. The number of amides is 1. The van der Waals surface area contributed by atoms with Crippen molar-refractivity contribution in [2.75, 3.05) is 24.6 Å². The second-order valence-corrected chi connectivity index (χ2v) is 12.2. The van der Waals surface area contributed by atoms with Gasteiger partial charge in [0.05, 0.1) is 24.6 Å². The minimum atomic E-state index is -3.03. The average Bonchev–Trinajstić information content (AvgIpc) is 3.21. The molecule has 0 aliphatic carbocycles. The number of carbonyl (C=O) groups is 1. The highest BCUT2D eigenvalue weighted by molar-refractivity contribution is 7.91. The first-order valence-electron chi connectivity index (χ1n) is 10.5. The summed E-state index contributed by atoms with van der Waals surface area (Å²) in [5, 5.41) is 2.01. The second kappa shape index (κ2) is 9.26. The summed E-state index contributed by atoms with van der Waals surface area (Å²) in [5.41, 5.74) is 0. The molecule has 158 valence electrons. The Morgan fingerprint density at radius 1 is 1.29 bits per heavy atom. The fourth-order valence-corrected chi connectivity index (χ4v) is 7.00. The molecule has 0 bridgehead atoms. The van der Waals surface area contributed by atoms with E-state index in [1.807, 2.05) is 22.4 Å². The lowest BCUT2D eigenvalue weighted by atomic mass is 9.95. The van der Waals surface area contributed by atoms with Crippen LogP contribution < -0.4 is 0 Å². The van der Waals surface area contributed by atoms with Gasteiger partial charge in [0, 0.05) is 17.0 Å². The van der Waals surface area contributed by atoms with Gasteiger partial charge in [0.2, 0.25) is 5.91 Å². The molecular formula is C21H34N2O3S2. The maximum atomic E-state index is 13.4. The Hall–Kier alpha value is -0.920. The Morgan fingerprint density at radius 2 is 2.07 bits per heavy atom. The normalized spacial score (nSPS) is 28.4. The number of hydrogen-bond donors (Lipinski definition) is 0. The highest BCUT2D eigenvalue weighted by atomic mass is 32.2. The summed E-state index contributed by atoms with van der Waals surface area (Å²) in [6.07, 6.45) is 4.03. The Labute approximate surface area is 174 Å². The van der Waals surface area contributed by atoms with Crippen LogP contribution in [-0.2, 0) is 21.2 Å². The lowest BCUT2D eigenvalue weighted by Gasteiger charge is -2.35. The van der Waals surface area contributed by atoms with E-state index in [0.29, 0.717) is 37.4 Å². The highest BCUT2D eigenvalue weighted by Gasteiger charge is 2.36. The number of hydrogen-bond acceptors (Lipinski definition) is 5. The van der Waals surface area contributed by atoms with Crippen LogP contribution in [0.5, 0.6) is 0 Å². The van der Waals surface area contributed by atoms with Crippen molar-refractivity contribution in [1.29, 1.82) is 0 Å². The molecule has 3 heterocycles. The lowest BCUT2D eigenvalue weighted by molar-refractivity contribution is -0.135. The number of carbonyl (C=O) groups excluding carboxylic acids is 1. The van der Waals surface area contributed by atoms with Crippen LogP contribution in [0, 0.1) is 11.8 Å². The fraction of sp³-hybridized carbons (Fsp3) is 0.762. The summed E-state index contributed by atoms with van der Waals surface area (Å²) >= 11 is 1.63. The molecule has 2 aliphatic heterocycles. The maximum Gasteiger partial charge on any atom is 0.237 e. The van der Waals surface area contributed by atoms with Gasteiger partial charge >= 0.3 is 0 Å². The van der Waals surface area contributed by atoms with Gasteiger partial charge in [-0.25, -0.2) is 8.42 Å². The van der Waals surface area contributed by atoms with Crippen molar-refractivity contribution < 1.29 is 13.2 Å². The summed E-state index contributed by atoms with van der Waals surface area (Å²) in [6.45, 7) is 8.65. The molecule has 1 aromatic heterocycles. The molecule has 0 saturated carbocycles. The number of sulfone groups is 1. The predicted molar refractivity (Wildman–Crippen MR) is 115 cm³/mol. The van der Waals surface area contributed by atoms with Crippen LogP contribution in [0.1, 0.15) is 51.3 Å². The minimum Gasteiger partial charge on any atom is -0.332 e. The molecule has 0 N–H and O–H groups in total. The molecule has 5 nitrogen and oxygen atoms in total. The van der Waals surface area contributed by atoms with E-state index >= 15 is 0 Å². The van der Waals surface area contributed by atoms with Crippen molar-refractivity contribution in [3.63, 3.8) is 0 Å². The smallest absolute Gasteiger partial charge is 0.237 e. The SMILES string of the molecule is CC1CCC(C(C)C)N(CC(=O)N(Cc2cccs2)C2CCS(=O)(=O)C2)CC1. The van der Waals surface area contributed by atoms with E-state index in [2.05, 4.69) is 25.7 Å². The molecule has 2 aliphatic rings. The van der Waals surface area contributed by atoms with Crippen molar-refractivity contribution >= 4 is 27.1 Å². The summed E-state index contributed by atoms with van der Waals surface area (Å²) in [5.74, 6) is 1.59. The van der Waals surface area contributed by atoms with E-state index in [9.17, 15) is 13.2 Å². The van der Waals surface area contributed by atoms with Crippen LogP contribution in [0.2, 0.25) is 0 Å². The Balaban J connectivity index is 1.75. The molecule has 1 aromatic rings. The molecule has 0 radical (unpaired) electrons. The van der Waals surface area contributed by atoms with Gasteiger partial charge in [0.15, 0.2) is 9.84 Å². The molecule has 3 rings (SSSR count). The summed E-state index contributed by atoms with van der Waals surface area (Å²) < 4.78 is 24.1. The van der Waals surface area contributed by atoms with Crippen molar-refractivity contribution in [1.82, 2.24) is 9.80 Å². The Bertz CT molecular complexity index is 746. The molecule has 3 unspecified atom stereocenters. The summed E-state index contributed by atoms with van der Waals surface area (Å²) in [7, 11) is -3.03.